The summed E-state index contributed by atoms with van der Waals surface area (Å²) in [6.45, 7) is 2.24. The molecule has 31 heavy (non-hydrogen) atoms. The smallest absolute Gasteiger partial charge is 0.268 e. The Labute approximate surface area is 179 Å². The van der Waals surface area contributed by atoms with Gasteiger partial charge < -0.3 is 10.6 Å². The fourth-order valence-corrected chi connectivity index (χ4v) is 4.91. The lowest BCUT2D eigenvalue weighted by Gasteiger charge is -2.11. The highest BCUT2D eigenvalue weighted by Gasteiger charge is 2.22. The minimum Gasteiger partial charge on any atom is -0.353 e. The van der Waals surface area contributed by atoms with Crippen molar-refractivity contribution in [3.05, 3.63) is 89.6 Å². The summed E-state index contributed by atoms with van der Waals surface area (Å²) in [4.78, 5) is -0.150. The molecule has 0 atom stereocenters. The summed E-state index contributed by atoms with van der Waals surface area (Å²) in [7, 11) is -2.28. The number of nitrogens with one attached hydrogen (secondary N) is 2. The van der Waals surface area contributed by atoms with Crippen LogP contribution in [0.4, 0.5) is 20.2 Å². The van der Waals surface area contributed by atoms with Gasteiger partial charge in [0.2, 0.25) is 0 Å². The number of nitrogens with zero attached hydrogens (tertiary/aromatic N) is 1. The second-order valence-electron chi connectivity index (χ2n) is 7.28. The maximum absolute atomic E-state index is 14.3. The molecule has 0 unspecified atom stereocenters. The van der Waals surface area contributed by atoms with E-state index >= 15 is 0 Å². The van der Waals surface area contributed by atoms with Gasteiger partial charge in [-0.1, -0.05) is 18.2 Å². The van der Waals surface area contributed by atoms with Crippen LogP contribution in [-0.2, 0) is 16.6 Å². The Morgan fingerprint density at radius 3 is 2.52 bits per heavy atom. The predicted molar refractivity (Wildman–Crippen MR) is 118 cm³/mol. The predicted octanol–water partition coefficient (Wildman–Crippen LogP) is 4.93. The highest BCUT2D eigenvalue weighted by Crippen LogP contribution is 2.30. The zero-order chi connectivity index (χ0) is 22.2. The number of benzene rings is 3. The summed E-state index contributed by atoms with van der Waals surface area (Å²) in [6, 6.07) is 14.9. The third-order valence-electron chi connectivity index (χ3n) is 4.98. The molecule has 0 radical (unpaired) electrons. The van der Waals surface area contributed by atoms with Crippen LogP contribution in [0, 0.1) is 18.6 Å². The molecule has 0 fully saturated rings. The lowest BCUT2D eigenvalue weighted by molar-refractivity contribution is 0.584. The van der Waals surface area contributed by atoms with E-state index in [2.05, 4.69) is 10.6 Å². The first-order chi connectivity index (χ1) is 14.8. The number of hydrogen-bond acceptors (Lipinski definition) is 4. The summed E-state index contributed by atoms with van der Waals surface area (Å²) in [5.41, 5.74) is 2.79. The van der Waals surface area contributed by atoms with Crippen molar-refractivity contribution in [3.8, 4) is 0 Å². The van der Waals surface area contributed by atoms with E-state index in [4.69, 9.17) is 0 Å². The van der Waals surface area contributed by atoms with E-state index in [9.17, 15) is 17.2 Å². The molecule has 4 rings (SSSR count). The van der Waals surface area contributed by atoms with Gasteiger partial charge in [0.05, 0.1) is 16.1 Å². The van der Waals surface area contributed by atoms with Gasteiger partial charge in [0, 0.05) is 23.8 Å². The molecule has 0 saturated heterocycles. The lowest BCUT2D eigenvalue weighted by atomic mass is 10.1. The van der Waals surface area contributed by atoms with Gasteiger partial charge in [-0.25, -0.2) is 21.2 Å². The summed E-state index contributed by atoms with van der Waals surface area (Å²) < 4.78 is 55.7. The van der Waals surface area contributed by atoms with Crippen LogP contribution in [0.5, 0.6) is 0 Å². The second kappa shape index (κ2) is 8.13. The van der Waals surface area contributed by atoms with E-state index in [0.717, 1.165) is 26.6 Å². The molecule has 1 aromatic heterocycles. The highest BCUT2D eigenvalue weighted by atomic mass is 32.2. The van der Waals surface area contributed by atoms with Crippen molar-refractivity contribution in [2.45, 2.75) is 18.4 Å². The molecule has 5 nitrogen and oxygen atoms in total. The Kier molecular flexibility index (Phi) is 5.51. The number of fused-ring (bicyclic) bond motifs is 1. The van der Waals surface area contributed by atoms with E-state index in [0.29, 0.717) is 17.7 Å². The minimum atomic E-state index is -4.04. The Morgan fingerprint density at radius 2 is 1.81 bits per heavy atom. The molecule has 8 heteroatoms. The molecule has 0 bridgehead atoms. The van der Waals surface area contributed by atoms with Gasteiger partial charge in [-0.05, 0) is 67.6 Å². The monoisotopic (exact) mass is 441 g/mol. The molecule has 0 aliphatic rings. The standard InChI is InChI=1S/C23H21F2N3O2S/c1-15-6-9-22(21(25)10-15)27-18-7-8-20-16(13-26-2)14-28(23(20)12-18)31(29,30)19-5-3-4-17(24)11-19/h3-12,14,26-27H,13H2,1-2H3. The Balaban J connectivity index is 1.85. The Hall–Kier alpha value is -3.23. The summed E-state index contributed by atoms with van der Waals surface area (Å²) >= 11 is 0. The fourth-order valence-electron chi connectivity index (χ4n) is 3.49. The van der Waals surface area contributed by atoms with Gasteiger partial charge in [0.15, 0.2) is 0 Å². The van der Waals surface area contributed by atoms with Crippen molar-refractivity contribution in [1.82, 2.24) is 9.29 Å². The van der Waals surface area contributed by atoms with Gasteiger partial charge in [-0.2, -0.15) is 0 Å². The zero-order valence-corrected chi connectivity index (χ0v) is 17.8. The largest absolute Gasteiger partial charge is 0.353 e. The third-order valence-corrected chi connectivity index (χ3v) is 6.65. The quantitative estimate of drug-likeness (QED) is 0.446. The van der Waals surface area contributed by atoms with Crippen molar-refractivity contribution < 1.29 is 17.2 Å². The van der Waals surface area contributed by atoms with Gasteiger partial charge in [0.1, 0.15) is 11.6 Å². The molecule has 3 aromatic carbocycles. The minimum absolute atomic E-state index is 0.150. The first-order valence-electron chi connectivity index (χ1n) is 9.62. The molecule has 2 N–H and O–H groups in total. The Morgan fingerprint density at radius 1 is 1.00 bits per heavy atom. The second-order valence-corrected chi connectivity index (χ2v) is 9.10. The van der Waals surface area contributed by atoms with Crippen LogP contribution in [0.1, 0.15) is 11.1 Å². The molecule has 0 amide bonds. The van der Waals surface area contributed by atoms with Crippen LogP contribution >= 0.6 is 0 Å². The molecule has 160 valence electrons. The Bertz CT molecular complexity index is 1380. The molecular weight excluding hydrogens is 420 g/mol. The van der Waals surface area contributed by atoms with Gasteiger partial charge in [0.25, 0.3) is 10.0 Å². The highest BCUT2D eigenvalue weighted by molar-refractivity contribution is 7.90. The van der Waals surface area contributed by atoms with Crippen LogP contribution in [0.3, 0.4) is 0 Å². The van der Waals surface area contributed by atoms with E-state index in [1.165, 1.54) is 30.5 Å². The van der Waals surface area contributed by atoms with Crippen LogP contribution in [0.2, 0.25) is 0 Å². The van der Waals surface area contributed by atoms with Crippen LogP contribution in [-0.4, -0.2) is 19.4 Å². The number of hydrogen-bond donors (Lipinski definition) is 2. The zero-order valence-electron chi connectivity index (χ0n) is 17.0. The van der Waals surface area contributed by atoms with Gasteiger partial charge >= 0.3 is 0 Å². The molecular formula is C23H21F2N3O2S. The third kappa shape index (κ3) is 4.04. The number of aryl methyl sites for hydroxylation is 1. The first kappa shape index (κ1) is 21.0. The van der Waals surface area contributed by atoms with Crippen LogP contribution in [0.15, 0.2) is 71.8 Å². The average molecular weight is 442 g/mol. The molecule has 4 aromatic rings. The molecule has 0 saturated carbocycles. The van der Waals surface area contributed by atoms with Crippen molar-refractivity contribution in [2.75, 3.05) is 12.4 Å². The topological polar surface area (TPSA) is 63.1 Å². The number of aromatic nitrogens is 1. The van der Waals surface area contributed by atoms with Crippen molar-refractivity contribution in [1.29, 1.82) is 0 Å². The summed E-state index contributed by atoms with van der Waals surface area (Å²) in [5.74, 6) is -1.04. The van der Waals surface area contributed by atoms with Gasteiger partial charge in [-0.15, -0.1) is 0 Å². The SMILES string of the molecule is CNCc1cn(S(=O)(=O)c2cccc(F)c2)c2cc(Nc3ccc(C)cc3F)ccc12. The number of anilines is 2. The van der Waals surface area contributed by atoms with Crippen LogP contribution in [0.25, 0.3) is 10.9 Å². The van der Waals surface area contributed by atoms with Crippen LogP contribution < -0.4 is 10.6 Å². The van der Waals surface area contributed by atoms with E-state index in [-0.39, 0.29) is 10.6 Å². The van der Waals surface area contributed by atoms with E-state index < -0.39 is 21.7 Å². The van der Waals surface area contributed by atoms with Gasteiger partial charge in [-0.3, -0.25) is 0 Å². The first-order valence-corrected chi connectivity index (χ1v) is 11.1. The lowest BCUT2D eigenvalue weighted by Crippen LogP contribution is -2.12. The summed E-state index contributed by atoms with van der Waals surface area (Å²) in [6.07, 6.45) is 1.53. The summed E-state index contributed by atoms with van der Waals surface area (Å²) in [5, 5.41) is 6.75. The maximum Gasteiger partial charge on any atom is 0.268 e. The van der Waals surface area contributed by atoms with E-state index in [1.807, 2.05) is 0 Å². The van der Waals surface area contributed by atoms with E-state index in [1.54, 1.807) is 44.3 Å². The molecule has 0 aliphatic heterocycles. The van der Waals surface area contributed by atoms with Crippen molar-refractivity contribution >= 4 is 32.3 Å². The maximum atomic E-state index is 14.3. The number of rotatable bonds is 6. The molecule has 0 spiro atoms. The fraction of sp³-hybridized carbons (Fsp3) is 0.130. The molecule has 0 aliphatic carbocycles. The normalized spacial score (nSPS) is 11.7. The van der Waals surface area contributed by atoms with Crippen molar-refractivity contribution in [3.63, 3.8) is 0 Å². The van der Waals surface area contributed by atoms with Crippen molar-refractivity contribution in [2.24, 2.45) is 0 Å². The average Bonchev–Trinajstić information content (AvgIpc) is 3.09. The molecule has 1 heterocycles. The number of halogens is 2.